The van der Waals surface area contributed by atoms with Gasteiger partial charge >= 0.3 is 0 Å². The molecule has 5 heteroatoms. The SMILES string of the molecule is CCCNC(CCCS(=O)(=O)CC)C1(C)CCCO1. The lowest BCUT2D eigenvalue weighted by Gasteiger charge is -2.34. The van der Waals surface area contributed by atoms with E-state index in [0.29, 0.717) is 5.75 Å². The van der Waals surface area contributed by atoms with Crippen LogP contribution in [0.2, 0.25) is 0 Å². The van der Waals surface area contributed by atoms with Crippen molar-refractivity contribution in [3.8, 4) is 0 Å². The van der Waals surface area contributed by atoms with Gasteiger partial charge in [-0.3, -0.25) is 0 Å². The van der Waals surface area contributed by atoms with Crippen molar-refractivity contribution in [1.82, 2.24) is 5.32 Å². The van der Waals surface area contributed by atoms with Gasteiger partial charge in [0.2, 0.25) is 0 Å². The molecule has 0 radical (unpaired) electrons. The van der Waals surface area contributed by atoms with Gasteiger partial charge in [0.05, 0.1) is 11.4 Å². The highest BCUT2D eigenvalue weighted by molar-refractivity contribution is 7.91. The van der Waals surface area contributed by atoms with E-state index in [2.05, 4.69) is 19.2 Å². The molecule has 0 amide bonds. The largest absolute Gasteiger partial charge is 0.374 e. The monoisotopic (exact) mass is 291 g/mol. The van der Waals surface area contributed by atoms with E-state index in [1.807, 2.05) is 0 Å². The summed E-state index contributed by atoms with van der Waals surface area (Å²) in [5.41, 5.74) is -0.120. The zero-order valence-electron chi connectivity index (χ0n) is 12.6. The first-order valence-corrected chi connectivity index (χ1v) is 9.33. The Labute approximate surface area is 118 Å². The molecule has 1 saturated heterocycles. The molecule has 0 aromatic heterocycles. The Kier molecular flexibility index (Phi) is 6.77. The lowest BCUT2D eigenvalue weighted by atomic mass is 9.90. The third-order valence-electron chi connectivity index (χ3n) is 4.02. The summed E-state index contributed by atoms with van der Waals surface area (Å²) in [5, 5.41) is 3.54. The molecule has 1 N–H and O–H groups in total. The minimum atomic E-state index is -2.85. The van der Waals surface area contributed by atoms with Gasteiger partial charge in [0, 0.05) is 18.4 Å². The Hall–Kier alpha value is -0.130. The predicted molar refractivity (Wildman–Crippen MR) is 79.2 cm³/mol. The van der Waals surface area contributed by atoms with Gasteiger partial charge in [0.15, 0.2) is 0 Å². The second-order valence-electron chi connectivity index (χ2n) is 5.65. The zero-order chi connectivity index (χ0) is 14.4. The van der Waals surface area contributed by atoms with E-state index in [9.17, 15) is 8.42 Å². The van der Waals surface area contributed by atoms with E-state index in [1.165, 1.54) is 0 Å². The van der Waals surface area contributed by atoms with Crippen molar-refractivity contribution < 1.29 is 13.2 Å². The van der Waals surface area contributed by atoms with Crippen LogP contribution in [0.5, 0.6) is 0 Å². The van der Waals surface area contributed by atoms with Crippen LogP contribution in [0.4, 0.5) is 0 Å². The van der Waals surface area contributed by atoms with E-state index >= 15 is 0 Å². The fourth-order valence-corrected chi connectivity index (χ4v) is 3.56. The molecule has 1 heterocycles. The molecule has 4 nitrogen and oxygen atoms in total. The Morgan fingerprint density at radius 2 is 2.11 bits per heavy atom. The first kappa shape index (κ1) is 16.9. The van der Waals surface area contributed by atoms with E-state index in [-0.39, 0.29) is 17.4 Å². The normalized spacial score (nSPS) is 25.6. The summed E-state index contributed by atoms with van der Waals surface area (Å²) in [5.74, 6) is 0.539. The molecule has 0 aliphatic carbocycles. The second kappa shape index (κ2) is 7.60. The molecule has 0 spiro atoms. The highest BCUT2D eigenvalue weighted by Gasteiger charge is 2.37. The number of nitrogens with one attached hydrogen (secondary N) is 1. The molecule has 1 aliphatic heterocycles. The van der Waals surface area contributed by atoms with Crippen LogP contribution in [-0.4, -0.2) is 44.7 Å². The third-order valence-corrected chi connectivity index (χ3v) is 5.81. The van der Waals surface area contributed by atoms with E-state index in [1.54, 1.807) is 6.92 Å². The number of ether oxygens (including phenoxy) is 1. The Bertz CT molecular complexity index is 348. The molecule has 0 aromatic rings. The first-order chi connectivity index (χ1) is 8.93. The van der Waals surface area contributed by atoms with Crippen molar-refractivity contribution in [2.75, 3.05) is 24.7 Å². The highest BCUT2D eigenvalue weighted by Crippen LogP contribution is 2.30. The van der Waals surface area contributed by atoms with Crippen LogP contribution in [0.15, 0.2) is 0 Å². The molecular formula is C14H29NO3S. The van der Waals surface area contributed by atoms with Gasteiger partial charge in [0.1, 0.15) is 9.84 Å². The molecule has 2 atom stereocenters. The Morgan fingerprint density at radius 3 is 2.63 bits per heavy atom. The average molecular weight is 291 g/mol. The number of rotatable bonds is 9. The summed E-state index contributed by atoms with van der Waals surface area (Å²) in [6.45, 7) is 7.80. The van der Waals surface area contributed by atoms with Crippen molar-refractivity contribution in [2.24, 2.45) is 0 Å². The maximum atomic E-state index is 11.5. The lowest BCUT2D eigenvalue weighted by molar-refractivity contribution is -0.0139. The quantitative estimate of drug-likeness (QED) is 0.707. The number of sulfone groups is 1. The molecule has 0 bridgehead atoms. The van der Waals surface area contributed by atoms with Crippen LogP contribution >= 0.6 is 0 Å². The topological polar surface area (TPSA) is 55.4 Å². The summed E-state index contributed by atoms with van der Waals surface area (Å²) in [7, 11) is -2.85. The number of hydrogen-bond acceptors (Lipinski definition) is 4. The van der Waals surface area contributed by atoms with Crippen molar-refractivity contribution in [1.29, 1.82) is 0 Å². The molecule has 2 unspecified atom stereocenters. The lowest BCUT2D eigenvalue weighted by Crippen LogP contribution is -2.48. The highest BCUT2D eigenvalue weighted by atomic mass is 32.2. The molecular weight excluding hydrogens is 262 g/mol. The standard InChI is InChI=1S/C14H29NO3S/c1-4-10-15-13(14(3)9-7-11-18-14)8-6-12-19(16,17)5-2/h13,15H,4-12H2,1-3H3. The first-order valence-electron chi connectivity index (χ1n) is 7.51. The summed E-state index contributed by atoms with van der Waals surface area (Å²) in [6.07, 6.45) is 4.84. The maximum Gasteiger partial charge on any atom is 0.150 e. The zero-order valence-corrected chi connectivity index (χ0v) is 13.4. The van der Waals surface area contributed by atoms with E-state index < -0.39 is 9.84 Å². The molecule has 0 aromatic carbocycles. The van der Waals surface area contributed by atoms with Crippen molar-refractivity contribution in [2.45, 2.75) is 64.5 Å². The van der Waals surface area contributed by atoms with E-state index in [0.717, 1.165) is 45.3 Å². The predicted octanol–water partition coefficient (Wildman–Crippen LogP) is 2.14. The maximum absolute atomic E-state index is 11.5. The average Bonchev–Trinajstić information content (AvgIpc) is 2.81. The molecule has 19 heavy (non-hydrogen) atoms. The molecule has 114 valence electrons. The summed E-state index contributed by atoms with van der Waals surface area (Å²) >= 11 is 0. The van der Waals surface area contributed by atoms with Crippen molar-refractivity contribution in [3.05, 3.63) is 0 Å². The molecule has 1 aliphatic rings. The van der Waals surface area contributed by atoms with E-state index in [4.69, 9.17) is 4.74 Å². The number of hydrogen-bond donors (Lipinski definition) is 1. The van der Waals surface area contributed by atoms with Crippen LogP contribution < -0.4 is 5.32 Å². The van der Waals surface area contributed by atoms with Gasteiger partial charge in [0.25, 0.3) is 0 Å². The van der Waals surface area contributed by atoms with Crippen LogP contribution in [0.25, 0.3) is 0 Å². The minimum absolute atomic E-state index is 0.120. The van der Waals surface area contributed by atoms with Crippen LogP contribution in [0.1, 0.15) is 52.9 Å². The van der Waals surface area contributed by atoms with Gasteiger partial charge in [-0.25, -0.2) is 8.42 Å². The van der Waals surface area contributed by atoms with Gasteiger partial charge in [-0.05, 0) is 45.6 Å². The fourth-order valence-electron chi connectivity index (χ4n) is 2.67. The van der Waals surface area contributed by atoms with Crippen LogP contribution in [0.3, 0.4) is 0 Å². The fraction of sp³-hybridized carbons (Fsp3) is 1.00. The van der Waals surface area contributed by atoms with Crippen molar-refractivity contribution in [3.63, 3.8) is 0 Å². The summed E-state index contributed by atoms with van der Waals surface area (Å²) in [4.78, 5) is 0. The van der Waals surface area contributed by atoms with Gasteiger partial charge in [-0.1, -0.05) is 13.8 Å². The van der Waals surface area contributed by atoms with Gasteiger partial charge in [-0.2, -0.15) is 0 Å². The molecule has 1 rings (SSSR count). The Balaban J connectivity index is 2.50. The van der Waals surface area contributed by atoms with Gasteiger partial charge in [-0.15, -0.1) is 0 Å². The summed E-state index contributed by atoms with van der Waals surface area (Å²) in [6, 6.07) is 0.266. The minimum Gasteiger partial charge on any atom is -0.374 e. The third kappa shape index (κ3) is 5.40. The van der Waals surface area contributed by atoms with Crippen LogP contribution in [0, 0.1) is 0 Å². The van der Waals surface area contributed by atoms with Gasteiger partial charge < -0.3 is 10.1 Å². The molecule has 1 fully saturated rings. The second-order valence-corrected chi connectivity index (χ2v) is 8.12. The Morgan fingerprint density at radius 1 is 1.37 bits per heavy atom. The van der Waals surface area contributed by atoms with Crippen LogP contribution in [-0.2, 0) is 14.6 Å². The summed E-state index contributed by atoms with van der Waals surface area (Å²) < 4.78 is 29.0. The smallest absolute Gasteiger partial charge is 0.150 e. The van der Waals surface area contributed by atoms with Crippen molar-refractivity contribution >= 4 is 9.84 Å². The molecule has 0 saturated carbocycles.